The van der Waals surface area contributed by atoms with E-state index < -0.39 is 0 Å². The topological polar surface area (TPSA) is 36.7 Å². The fourth-order valence-electron chi connectivity index (χ4n) is 1.82. The third kappa shape index (κ3) is 1.76. The molecule has 0 fully saturated rings. The molecule has 1 aromatic carbocycles. The Balaban J connectivity index is 2.30. The molecule has 0 bridgehead atoms. The molecule has 2 heterocycles. The SMILES string of the molecule is N#Cc1cnc(Cl)c2cc(-c3ccccc3)sc12. The van der Waals surface area contributed by atoms with Crippen LogP contribution < -0.4 is 0 Å². The lowest BCUT2D eigenvalue weighted by Gasteiger charge is -1.93. The van der Waals surface area contributed by atoms with Crippen molar-refractivity contribution in [3.05, 3.63) is 53.3 Å². The smallest absolute Gasteiger partial charge is 0.137 e. The van der Waals surface area contributed by atoms with Gasteiger partial charge in [0.2, 0.25) is 0 Å². The van der Waals surface area contributed by atoms with Crippen LogP contribution in [0.15, 0.2) is 42.6 Å². The molecule has 0 amide bonds. The van der Waals surface area contributed by atoms with Crippen molar-refractivity contribution in [1.29, 1.82) is 5.26 Å². The standard InChI is InChI=1S/C14H7ClN2S/c15-14-11-6-12(9-4-2-1-3-5-9)18-13(11)10(7-16)8-17-14/h1-6,8H. The van der Waals surface area contributed by atoms with Crippen LogP contribution in [0.1, 0.15) is 5.56 Å². The van der Waals surface area contributed by atoms with Crippen molar-refractivity contribution < 1.29 is 0 Å². The third-order valence-corrected chi connectivity index (χ3v) is 4.20. The number of nitriles is 1. The molecule has 0 saturated carbocycles. The van der Waals surface area contributed by atoms with E-state index in [1.807, 2.05) is 36.4 Å². The van der Waals surface area contributed by atoms with Gasteiger partial charge < -0.3 is 0 Å². The van der Waals surface area contributed by atoms with Crippen molar-refractivity contribution >= 4 is 33.0 Å². The van der Waals surface area contributed by atoms with Gasteiger partial charge in [0.05, 0.1) is 10.3 Å². The summed E-state index contributed by atoms with van der Waals surface area (Å²) in [5.41, 5.74) is 1.69. The highest BCUT2D eigenvalue weighted by Crippen LogP contribution is 2.37. The van der Waals surface area contributed by atoms with Gasteiger partial charge in [0.25, 0.3) is 0 Å². The number of thiophene rings is 1. The summed E-state index contributed by atoms with van der Waals surface area (Å²) in [7, 11) is 0. The van der Waals surface area contributed by atoms with Crippen LogP contribution in [-0.2, 0) is 0 Å². The zero-order chi connectivity index (χ0) is 12.5. The van der Waals surface area contributed by atoms with Gasteiger partial charge in [-0.15, -0.1) is 11.3 Å². The lowest BCUT2D eigenvalue weighted by atomic mass is 10.1. The molecule has 0 saturated heterocycles. The zero-order valence-corrected chi connectivity index (χ0v) is 10.8. The number of hydrogen-bond acceptors (Lipinski definition) is 3. The number of hydrogen-bond donors (Lipinski definition) is 0. The fourth-order valence-corrected chi connectivity index (χ4v) is 3.20. The van der Waals surface area contributed by atoms with Crippen LogP contribution in [0, 0.1) is 11.3 Å². The molecule has 4 heteroatoms. The Kier molecular flexibility index (Phi) is 2.75. The van der Waals surface area contributed by atoms with Gasteiger partial charge in [0.1, 0.15) is 11.2 Å². The second kappa shape index (κ2) is 4.41. The molecule has 0 N–H and O–H groups in total. The molecule has 2 aromatic heterocycles. The van der Waals surface area contributed by atoms with E-state index >= 15 is 0 Å². The van der Waals surface area contributed by atoms with Crippen LogP contribution in [0.25, 0.3) is 20.5 Å². The van der Waals surface area contributed by atoms with Gasteiger partial charge in [-0.2, -0.15) is 5.26 Å². The molecular weight excluding hydrogens is 264 g/mol. The first-order valence-electron chi connectivity index (χ1n) is 5.33. The van der Waals surface area contributed by atoms with E-state index in [0.29, 0.717) is 10.7 Å². The van der Waals surface area contributed by atoms with Crippen molar-refractivity contribution in [2.45, 2.75) is 0 Å². The second-order valence-corrected chi connectivity index (χ2v) is 5.20. The quantitative estimate of drug-likeness (QED) is 0.611. The molecule has 18 heavy (non-hydrogen) atoms. The van der Waals surface area contributed by atoms with Gasteiger partial charge in [0, 0.05) is 16.5 Å². The Morgan fingerprint density at radius 1 is 1.22 bits per heavy atom. The first-order valence-corrected chi connectivity index (χ1v) is 6.52. The van der Waals surface area contributed by atoms with Gasteiger partial charge in [-0.1, -0.05) is 41.9 Å². The van der Waals surface area contributed by atoms with Crippen molar-refractivity contribution in [2.75, 3.05) is 0 Å². The molecule has 86 valence electrons. The zero-order valence-electron chi connectivity index (χ0n) is 9.22. The van der Waals surface area contributed by atoms with E-state index in [4.69, 9.17) is 16.9 Å². The Labute approximate surface area is 113 Å². The Bertz CT molecular complexity index is 757. The van der Waals surface area contributed by atoms with Crippen LogP contribution in [0.5, 0.6) is 0 Å². The van der Waals surface area contributed by atoms with Crippen molar-refractivity contribution in [3.8, 4) is 16.5 Å². The summed E-state index contributed by atoms with van der Waals surface area (Å²) < 4.78 is 0.899. The van der Waals surface area contributed by atoms with Crippen LogP contribution >= 0.6 is 22.9 Å². The van der Waals surface area contributed by atoms with Crippen molar-refractivity contribution in [3.63, 3.8) is 0 Å². The minimum atomic E-state index is 0.447. The minimum absolute atomic E-state index is 0.447. The summed E-state index contributed by atoms with van der Waals surface area (Å²) in [4.78, 5) is 5.13. The number of rotatable bonds is 1. The maximum atomic E-state index is 9.08. The van der Waals surface area contributed by atoms with Crippen LogP contribution in [0.2, 0.25) is 5.15 Å². The highest BCUT2D eigenvalue weighted by molar-refractivity contribution is 7.22. The second-order valence-electron chi connectivity index (χ2n) is 3.79. The Morgan fingerprint density at radius 3 is 2.72 bits per heavy atom. The van der Waals surface area contributed by atoms with E-state index in [2.05, 4.69) is 11.1 Å². The predicted molar refractivity (Wildman–Crippen MR) is 74.8 cm³/mol. The van der Waals surface area contributed by atoms with E-state index in [0.717, 1.165) is 20.5 Å². The summed E-state index contributed by atoms with van der Waals surface area (Å²) in [5, 5.41) is 10.4. The van der Waals surface area contributed by atoms with Crippen LogP contribution in [0.4, 0.5) is 0 Å². The number of fused-ring (bicyclic) bond motifs is 1. The molecular formula is C14H7ClN2S. The van der Waals surface area contributed by atoms with Gasteiger partial charge in [-0.25, -0.2) is 4.98 Å². The lowest BCUT2D eigenvalue weighted by Crippen LogP contribution is -1.79. The average Bonchev–Trinajstić information content (AvgIpc) is 2.86. The molecule has 3 aromatic rings. The number of pyridine rings is 1. The number of halogens is 1. The number of benzene rings is 1. The maximum absolute atomic E-state index is 9.08. The largest absolute Gasteiger partial charge is 0.242 e. The molecule has 2 nitrogen and oxygen atoms in total. The van der Waals surface area contributed by atoms with E-state index in [1.54, 1.807) is 11.3 Å². The highest BCUT2D eigenvalue weighted by Gasteiger charge is 2.11. The Morgan fingerprint density at radius 2 is 2.00 bits per heavy atom. The molecule has 0 aliphatic heterocycles. The Hall–Kier alpha value is -1.89. The summed E-state index contributed by atoms with van der Waals surface area (Å²) in [6.45, 7) is 0. The summed E-state index contributed by atoms with van der Waals surface area (Å²) in [6.07, 6.45) is 1.52. The molecule has 0 spiro atoms. The average molecular weight is 271 g/mol. The summed E-state index contributed by atoms with van der Waals surface area (Å²) in [5.74, 6) is 0. The third-order valence-electron chi connectivity index (χ3n) is 2.68. The summed E-state index contributed by atoms with van der Waals surface area (Å²) in [6, 6.07) is 14.2. The molecule has 0 unspecified atom stereocenters. The van der Waals surface area contributed by atoms with Crippen LogP contribution in [0.3, 0.4) is 0 Å². The number of nitrogens with zero attached hydrogens (tertiary/aromatic N) is 2. The predicted octanol–water partition coefficient (Wildman–Crippen LogP) is 4.49. The van der Waals surface area contributed by atoms with Gasteiger partial charge in [-0.3, -0.25) is 0 Å². The van der Waals surface area contributed by atoms with Crippen molar-refractivity contribution in [2.24, 2.45) is 0 Å². The highest BCUT2D eigenvalue weighted by atomic mass is 35.5. The van der Waals surface area contributed by atoms with Gasteiger partial charge in [-0.05, 0) is 11.6 Å². The van der Waals surface area contributed by atoms with Crippen LogP contribution in [-0.4, -0.2) is 4.98 Å². The maximum Gasteiger partial charge on any atom is 0.137 e. The molecule has 0 aliphatic carbocycles. The van der Waals surface area contributed by atoms with E-state index in [9.17, 15) is 0 Å². The van der Waals surface area contributed by atoms with E-state index in [-0.39, 0.29) is 0 Å². The van der Waals surface area contributed by atoms with Gasteiger partial charge in [0.15, 0.2) is 0 Å². The monoisotopic (exact) mass is 270 g/mol. The first-order chi connectivity index (χ1) is 8.79. The molecule has 0 radical (unpaired) electrons. The lowest BCUT2D eigenvalue weighted by molar-refractivity contribution is 1.34. The summed E-state index contributed by atoms with van der Waals surface area (Å²) >= 11 is 7.64. The minimum Gasteiger partial charge on any atom is -0.242 e. The fraction of sp³-hybridized carbons (Fsp3) is 0. The molecule has 0 aliphatic rings. The first kappa shape index (κ1) is 11.2. The van der Waals surface area contributed by atoms with Crippen molar-refractivity contribution in [1.82, 2.24) is 4.98 Å². The molecule has 3 rings (SSSR count). The molecule has 0 atom stereocenters. The normalized spacial score (nSPS) is 10.4. The number of aromatic nitrogens is 1. The van der Waals surface area contributed by atoms with Gasteiger partial charge >= 0.3 is 0 Å². The van der Waals surface area contributed by atoms with E-state index in [1.165, 1.54) is 6.20 Å².